The maximum Gasteiger partial charge on any atom is 0.243 e. The first-order chi connectivity index (χ1) is 16.7. The van der Waals surface area contributed by atoms with Gasteiger partial charge in [0.2, 0.25) is 21.8 Å². The quantitative estimate of drug-likeness (QED) is 0.567. The number of anilines is 2. The maximum absolute atomic E-state index is 13.2. The number of amides is 2. The highest BCUT2D eigenvalue weighted by Gasteiger charge is 2.28. The van der Waals surface area contributed by atoms with Crippen molar-refractivity contribution in [3.8, 4) is 5.75 Å². The molecule has 1 unspecified atom stereocenters. The lowest BCUT2D eigenvalue weighted by Crippen LogP contribution is -2.35. The van der Waals surface area contributed by atoms with Gasteiger partial charge in [-0.2, -0.15) is 4.31 Å². The molecule has 2 heterocycles. The second-order valence-corrected chi connectivity index (χ2v) is 11.4. The van der Waals surface area contributed by atoms with Crippen molar-refractivity contribution in [1.29, 1.82) is 0 Å². The molecule has 2 amide bonds. The van der Waals surface area contributed by atoms with Crippen LogP contribution in [0.25, 0.3) is 0 Å². The molecule has 1 saturated heterocycles. The first-order valence-corrected chi connectivity index (χ1v) is 13.7. The molecule has 35 heavy (non-hydrogen) atoms. The van der Waals surface area contributed by atoms with Crippen LogP contribution in [0.4, 0.5) is 11.4 Å². The van der Waals surface area contributed by atoms with Gasteiger partial charge in [-0.15, -0.1) is 0 Å². The average Bonchev–Trinajstić information content (AvgIpc) is 2.84. The molecule has 4 rings (SSSR count). The highest BCUT2D eigenvalue weighted by atomic mass is 32.2. The molecule has 0 radical (unpaired) electrons. The first kappa shape index (κ1) is 25.2. The Balaban J connectivity index is 1.47. The zero-order valence-corrected chi connectivity index (χ0v) is 21.1. The molecular formula is C26H33N3O5S. The van der Waals surface area contributed by atoms with Crippen molar-refractivity contribution in [3.05, 3.63) is 48.0 Å². The number of piperidine rings is 1. The summed E-state index contributed by atoms with van der Waals surface area (Å²) in [7, 11) is -3.66. The summed E-state index contributed by atoms with van der Waals surface area (Å²) in [6.45, 7) is 4.73. The zero-order valence-electron chi connectivity index (χ0n) is 20.2. The van der Waals surface area contributed by atoms with E-state index in [0.717, 1.165) is 30.5 Å². The lowest BCUT2D eigenvalue weighted by atomic mass is 9.89. The van der Waals surface area contributed by atoms with E-state index in [2.05, 4.69) is 10.6 Å². The van der Waals surface area contributed by atoms with Crippen LogP contribution in [0.2, 0.25) is 0 Å². The maximum atomic E-state index is 13.2. The second-order valence-electron chi connectivity index (χ2n) is 9.42. The summed E-state index contributed by atoms with van der Waals surface area (Å²) in [4.78, 5) is 25.5. The van der Waals surface area contributed by atoms with Gasteiger partial charge in [0.1, 0.15) is 5.75 Å². The minimum atomic E-state index is -3.66. The molecule has 2 aliphatic heterocycles. The number of nitrogens with zero attached hydrogens (tertiary/aromatic N) is 1. The van der Waals surface area contributed by atoms with Crippen LogP contribution in [0.15, 0.2) is 47.4 Å². The molecule has 188 valence electrons. The van der Waals surface area contributed by atoms with E-state index in [9.17, 15) is 18.0 Å². The third-order valence-electron chi connectivity index (χ3n) is 6.37. The fraction of sp³-hybridized carbons (Fsp3) is 0.462. The molecule has 0 bridgehead atoms. The van der Waals surface area contributed by atoms with Gasteiger partial charge in [0.05, 0.1) is 16.7 Å². The van der Waals surface area contributed by atoms with Gasteiger partial charge < -0.3 is 15.4 Å². The fourth-order valence-electron chi connectivity index (χ4n) is 4.54. The smallest absolute Gasteiger partial charge is 0.243 e. The fourth-order valence-corrected chi connectivity index (χ4v) is 6.09. The van der Waals surface area contributed by atoms with E-state index >= 15 is 0 Å². The molecule has 0 aromatic heterocycles. The molecule has 2 aliphatic rings. The Morgan fingerprint density at radius 1 is 1.14 bits per heavy atom. The number of carbonyl (C=O) groups is 2. The third kappa shape index (κ3) is 6.02. The molecule has 2 aromatic carbocycles. The van der Waals surface area contributed by atoms with Crippen LogP contribution < -0.4 is 15.4 Å². The van der Waals surface area contributed by atoms with Crippen molar-refractivity contribution in [1.82, 2.24) is 4.31 Å². The van der Waals surface area contributed by atoms with Crippen LogP contribution in [0.5, 0.6) is 5.75 Å². The number of fused-ring (bicyclic) bond motifs is 1. The number of nitrogens with one attached hydrogen (secondary N) is 2. The standard InChI is InChI=1S/C26H33N3O5S/c1-18(2)34-24-12-11-21(35(32,33)29-14-6-3-7-15-29)17-23(24)27-25(30)13-10-20-16-19-8-4-5-9-22(19)28-26(20)31/h4-5,8-9,11-12,17-18,20H,3,6-7,10,13-16H2,1-2H3,(H,27,30)(H,28,31). The Hall–Kier alpha value is -2.91. The van der Waals surface area contributed by atoms with Crippen LogP contribution in [0, 0.1) is 5.92 Å². The van der Waals surface area contributed by atoms with Gasteiger partial charge in [-0.05, 0) is 69.4 Å². The number of rotatable bonds is 8. The van der Waals surface area contributed by atoms with Crippen LogP contribution in [-0.2, 0) is 26.0 Å². The lowest BCUT2D eigenvalue weighted by Gasteiger charge is -2.26. The predicted octanol–water partition coefficient (Wildman–Crippen LogP) is 4.18. The third-order valence-corrected chi connectivity index (χ3v) is 8.27. The molecule has 0 aliphatic carbocycles. The van der Waals surface area contributed by atoms with Crippen LogP contribution >= 0.6 is 0 Å². The summed E-state index contributed by atoms with van der Waals surface area (Å²) in [5, 5.41) is 5.73. The average molecular weight is 500 g/mol. The number of ether oxygens (including phenoxy) is 1. The number of benzene rings is 2. The van der Waals surface area contributed by atoms with Gasteiger partial charge in [0.25, 0.3) is 0 Å². The molecule has 1 fully saturated rings. The van der Waals surface area contributed by atoms with Crippen molar-refractivity contribution < 1.29 is 22.7 Å². The van der Waals surface area contributed by atoms with E-state index in [1.54, 1.807) is 6.07 Å². The lowest BCUT2D eigenvalue weighted by molar-refractivity contribution is -0.121. The predicted molar refractivity (Wildman–Crippen MR) is 135 cm³/mol. The van der Waals surface area contributed by atoms with Gasteiger partial charge in [0, 0.05) is 31.1 Å². The molecule has 1 atom stereocenters. The van der Waals surface area contributed by atoms with Crippen LogP contribution in [0.3, 0.4) is 0 Å². The van der Waals surface area contributed by atoms with E-state index < -0.39 is 10.0 Å². The minimum Gasteiger partial charge on any atom is -0.489 e. The van der Waals surface area contributed by atoms with E-state index in [0.29, 0.717) is 37.4 Å². The number of sulfonamides is 1. The Morgan fingerprint density at radius 3 is 2.63 bits per heavy atom. The largest absolute Gasteiger partial charge is 0.489 e. The normalized spacial score (nSPS) is 18.6. The summed E-state index contributed by atoms with van der Waals surface area (Å²) in [5.74, 6) is -0.268. The second kappa shape index (κ2) is 10.8. The first-order valence-electron chi connectivity index (χ1n) is 12.2. The topological polar surface area (TPSA) is 105 Å². The van der Waals surface area contributed by atoms with E-state index in [-0.39, 0.29) is 35.2 Å². The molecular weight excluding hydrogens is 466 g/mol. The van der Waals surface area contributed by atoms with E-state index in [4.69, 9.17) is 4.74 Å². The minimum absolute atomic E-state index is 0.0880. The van der Waals surface area contributed by atoms with Crippen molar-refractivity contribution >= 4 is 33.2 Å². The monoisotopic (exact) mass is 499 g/mol. The number of hydrogen-bond acceptors (Lipinski definition) is 5. The van der Waals surface area contributed by atoms with Gasteiger partial charge in [0.15, 0.2) is 0 Å². The highest BCUT2D eigenvalue weighted by molar-refractivity contribution is 7.89. The molecule has 2 N–H and O–H groups in total. The molecule has 0 spiro atoms. The number of carbonyl (C=O) groups excluding carboxylic acids is 2. The highest BCUT2D eigenvalue weighted by Crippen LogP contribution is 2.32. The van der Waals surface area contributed by atoms with Crippen molar-refractivity contribution in [2.45, 2.75) is 63.4 Å². The van der Waals surface area contributed by atoms with Gasteiger partial charge >= 0.3 is 0 Å². The Bertz CT molecular complexity index is 1190. The van der Waals surface area contributed by atoms with Crippen LogP contribution in [0.1, 0.15) is 51.5 Å². The summed E-state index contributed by atoms with van der Waals surface area (Å²) in [6, 6.07) is 12.3. The Labute approximate surface area is 207 Å². The van der Waals surface area contributed by atoms with Crippen molar-refractivity contribution in [3.63, 3.8) is 0 Å². The van der Waals surface area contributed by atoms with Crippen molar-refractivity contribution in [2.24, 2.45) is 5.92 Å². The summed E-state index contributed by atoms with van der Waals surface area (Å²) < 4.78 is 33.6. The van der Waals surface area contributed by atoms with E-state index in [1.165, 1.54) is 16.4 Å². The Kier molecular flexibility index (Phi) is 7.76. The number of hydrogen-bond donors (Lipinski definition) is 2. The number of para-hydroxylation sites is 1. The molecule has 9 heteroatoms. The molecule has 2 aromatic rings. The van der Waals surface area contributed by atoms with Gasteiger partial charge in [-0.25, -0.2) is 8.42 Å². The Morgan fingerprint density at radius 2 is 1.89 bits per heavy atom. The van der Waals surface area contributed by atoms with Crippen molar-refractivity contribution in [2.75, 3.05) is 23.7 Å². The SMILES string of the molecule is CC(C)Oc1ccc(S(=O)(=O)N2CCCCC2)cc1NC(=O)CCC1Cc2ccccc2NC1=O. The summed E-state index contributed by atoms with van der Waals surface area (Å²) >= 11 is 0. The molecule has 0 saturated carbocycles. The summed E-state index contributed by atoms with van der Waals surface area (Å²) in [6.07, 6.45) is 3.66. The molecule has 8 nitrogen and oxygen atoms in total. The van der Waals surface area contributed by atoms with E-state index in [1.807, 2.05) is 38.1 Å². The van der Waals surface area contributed by atoms with Gasteiger partial charge in [-0.1, -0.05) is 24.6 Å². The zero-order chi connectivity index (χ0) is 25.0. The summed E-state index contributed by atoms with van der Waals surface area (Å²) in [5.41, 5.74) is 2.20. The van der Waals surface area contributed by atoms with Crippen LogP contribution in [-0.4, -0.2) is 43.7 Å². The van der Waals surface area contributed by atoms with Gasteiger partial charge in [-0.3, -0.25) is 9.59 Å².